The highest BCUT2D eigenvalue weighted by Crippen LogP contribution is 2.23. The van der Waals surface area contributed by atoms with Gasteiger partial charge in [-0.05, 0) is 37.1 Å². The molecule has 2 aromatic carbocycles. The molecule has 2 atom stereocenters. The molecule has 0 radical (unpaired) electrons. The molecule has 0 spiro atoms. The first kappa shape index (κ1) is 21.1. The van der Waals surface area contributed by atoms with Crippen LogP contribution in [-0.2, 0) is 17.8 Å². The summed E-state index contributed by atoms with van der Waals surface area (Å²) in [5.74, 6) is 0. The number of hydrogen-bond donors (Lipinski definition) is 2. The van der Waals surface area contributed by atoms with Crippen molar-refractivity contribution in [3.8, 4) is 0 Å². The van der Waals surface area contributed by atoms with Crippen LogP contribution in [0, 0.1) is 0 Å². The number of nitrogens with one attached hydrogen (secondary N) is 2. The van der Waals surface area contributed by atoms with Crippen molar-refractivity contribution in [1.82, 2.24) is 10.2 Å². The van der Waals surface area contributed by atoms with Crippen LogP contribution in [0.1, 0.15) is 25.0 Å². The van der Waals surface area contributed by atoms with Crippen molar-refractivity contribution in [3.05, 3.63) is 59.7 Å². The molecule has 3 rings (SSSR count). The fourth-order valence-corrected chi connectivity index (χ4v) is 3.75. The highest BCUT2D eigenvalue weighted by atomic mass is 16.5. The van der Waals surface area contributed by atoms with Gasteiger partial charge in [-0.3, -0.25) is 4.90 Å². The van der Waals surface area contributed by atoms with Crippen LogP contribution in [0.4, 0.5) is 16.2 Å². The summed E-state index contributed by atoms with van der Waals surface area (Å²) in [5.41, 5.74) is 4.12. The first-order valence-electron chi connectivity index (χ1n) is 10.2. The van der Waals surface area contributed by atoms with Crippen molar-refractivity contribution in [3.63, 3.8) is 0 Å². The number of benzene rings is 2. The van der Waals surface area contributed by atoms with Crippen LogP contribution in [0.3, 0.4) is 0 Å². The first-order chi connectivity index (χ1) is 13.9. The van der Waals surface area contributed by atoms with Crippen LogP contribution in [0.2, 0.25) is 0 Å². The lowest BCUT2D eigenvalue weighted by molar-refractivity contribution is -0.0704. The molecule has 2 aromatic rings. The Bertz CT molecular complexity index is 797. The summed E-state index contributed by atoms with van der Waals surface area (Å²) in [6.07, 6.45) is 0.553. The number of ether oxygens (including phenoxy) is 1. The van der Waals surface area contributed by atoms with Gasteiger partial charge in [0.05, 0.1) is 23.6 Å². The average Bonchev–Trinajstić information content (AvgIpc) is 2.67. The fourth-order valence-electron chi connectivity index (χ4n) is 3.75. The summed E-state index contributed by atoms with van der Waals surface area (Å²) in [4.78, 5) is 16.7. The van der Waals surface area contributed by atoms with E-state index in [0.29, 0.717) is 6.54 Å². The minimum atomic E-state index is -0.209. The third-order valence-corrected chi connectivity index (χ3v) is 5.01. The number of anilines is 2. The van der Waals surface area contributed by atoms with Crippen LogP contribution in [-0.4, -0.2) is 50.3 Å². The van der Waals surface area contributed by atoms with Crippen molar-refractivity contribution in [2.24, 2.45) is 0 Å². The Morgan fingerprint density at radius 1 is 1.03 bits per heavy atom. The predicted molar refractivity (Wildman–Crippen MR) is 118 cm³/mol. The van der Waals surface area contributed by atoms with E-state index in [0.717, 1.165) is 36.6 Å². The summed E-state index contributed by atoms with van der Waals surface area (Å²) in [7, 11) is 3.91. The van der Waals surface area contributed by atoms with E-state index in [4.69, 9.17) is 4.74 Å². The first-order valence-corrected chi connectivity index (χ1v) is 10.2. The van der Waals surface area contributed by atoms with Gasteiger partial charge in [-0.25, -0.2) is 4.79 Å². The Hall–Kier alpha value is -2.57. The van der Waals surface area contributed by atoms with Crippen LogP contribution in [0.25, 0.3) is 0 Å². The van der Waals surface area contributed by atoms with Gasteiger partial charge in [0.25, 0.3) is 0 Å². The maximum Gasteiger partial charge on any atom is 0.319 e. The smallest absolute Gasteiger partial charge is 0.319 e. The van der Waals surface area contributed by atoms with E-state index in [2.05, 4.69) is 53.6 Å². The predicted octanol–water partition coefficient (Wildman–Crippen LogP) is 3.68. The molecule has 0 bridgehead atoms. The Morgan fingerprint density at radius 2 is 1.66 bits per heavy atom. The van der Waals surface area contributed by atoms with E-state index in [1.165, 1.54) is 5.56 Å². The van der Waals surface area contributed by atoms with Crippen LogP contribution in [0.15, 0.2) is 48.5 Å². The lowest BCUT2D eigenvalue weighted by Crippen LogP contribution is -2.44. The zero-order valence-electron chi connectivity index (χ0n) is 17.8. The standard InChI is InChI=1S/C23H32N4O2/c1-17-14-27(15-18(2)29-17)16-20-11-9-19(10-12-20)13-24-23(28)25-21-7-5-6-8-22(21)26(3)4/h5-12,17-18H,13-16H2,1-4H3,(H2,24,25,28). The molecule has 0 saturated carbocycles. The van der Waals surface area contributed by atoms with Gasteiger partial charge in [-0.15, -0.1) is 0 Å². The molecule has 1 aliphatic rings. The number of carbonyl (C=O) groups excluding carboxylic acids is 1. The molecule has 1 saturated heterocycles. The van der Waals surface area contributed by atoms with E-state index < -0.39 is 0 Å². The van der Waals surface area contributed by atoms with Gasteiger partial charge in [-0.2, -0.15) is 0 Å². The third-order valence-electron chi connectivity index (χ3n) is 5.01. The number of carbonyl (C=O) groups is 1. The SMILES string of the molecule is CC1CN(Cc2ccc(CNC(=O)Nc3ccccc3N(C)C)cc2)CC(C)O1. The normalized spacial score (nSPS) is 19.6. The molecule has 6 nitrogen and oxygen atoms in total. The molecule has 1 fully saturated rings. The summed E-state index contributed by atoms with van der Waals surface area (Å²) in [6, 6.07) is 16.0. The number of nitrogens with zero attached hydrogens (tertiary/aromatic N) is 2. The topological polar surface area (TPSA) is 56.8 Å². The summed E-state index contributed by atoms with van der Waals surface area (Å²) in [5, 5.41) is 5.86. The second-order valence-corrected chi connectivity index (χ2v) is 7.99. The molecular weight excluding hydrogens is 364 g/mol. The maximum absolute atomic E-state index is 12.3. The van der Waals surface area contributed by atoms with Gasteiger partial charge >= 0.3 is 6.03 Å². The minimum absolute atomic E-state index is 0.209. The Morgan fingerprint density at radius 3 is 2.31 bits per heavy atom. The van der Waals surface area contributed by atoms with E-state index in [9.17, 15) is 4.79 Å². The van der Waals surface area contributed by atoms with Gasteiger partial charge in [0.1, 0.15) is 0 Å². The van der Waals surface area contributed by atoms with Gasteiger partial charge in [0.2, 0.25) is 0 Å². The van der Waals surface area contributed by atoms with Gasteiger partial charge < -0.3 is 20.3 Å². The van der Waals surface area contributed by atoms with Gasteiger partial charge in [-0.1, -0.05) is 36.4 Å². The molecule has 2 amide bonds. The zero-order valence-corrected chi connectivity index (χ0v) is 17.8. The largest absolute Gasteiger partial charge is 0.376 e. The Balaban J connectivity index is 1.49. The molecular formula is C23H32N4O2. The van der Waals surface area contributed by atoms with Crippen LogP contribution >= 0.6 is 0 Å². The Labute approximate surface area is 173 Å². The molecule has 2 unspecified atom stereocenters. The van der Waals surface area contributed by atoms with E-state index in [1.54, 1.807) is 0 Å². The highest BCUT2D eigenvalue weighted by molar-refractivity contribution is 5.93. The number of morpholine rings is 1. The molecule has 0 aliphatic carbocycles. The van der Waals surface area contributed by atoms with Crippen molar-refractivity contribution in [2.75, 3.05) is 37.4 Å². The van der Waals surface area contributed by atoms with Crippen molar-refractivity contribution in [1.29, 1.82) is 0 Å². The number of hydrogen-bond acceptors (Lipinski definition) is 4. The fraction of sp³-hybridized carbons (Fsp3) is 0.435. The van der Waals surface area contributed by atoms with Crippen LogP contribution in [0.5, 0.6) is 0 Å². The maximum atomic E-state index is 12.3. The number of amides is 2. The zero-order chi connectivity index (χ0) is 20.8. The summed E-state index contributed by atoms with van der Waals surface area (Å²) >= 11 is 0. The molecule has 2 N–H and O–H groups in total. The number of rotatable bonds is 6. The lowest BCUT2D eigenvalue weighted by atomic mass is 10.1. The van der Waals surface area contributed by atoms with Gasteiger partial charge in [0, 0.05) is 40.3 Å². The molecule has 1 aliphatic heterocycles. The van der Waals surface area contributed by atoms with Crippen molar-refractivity contribution >= 4 is 17.4 Å². The van der Waals surface area contributed by atoms with E-state index >= 15 is 0 Å². The lowest BCUT2D eigenvalue weighted by Gasteiger charge is -2.35. The van der Waals surface area contributed by atoms with Gasteiger partial charge in [0.15, 0.2) is 0 Å². The molecule has 6 heteroatoms. The summed E-state index contributed by atoms with van der Waals surface area (Å²) in [6.45, 7) is 7.58. The molecule has 1 heterocycles. The highest BCUT2D eigenvalue weighted by Gasteiger charge is 2.21. The minimum Gasteiger partial charge on any atom is -0.376 e. The van der Waals surface area contributed by atoms with E-state index in [-0.39, 0.29) is 18.2 Å². The second kappa shape index (κ2) is 9.76. The average molecular weight is 397 g/mol. The second-order valence-electron chi connectivity index (χ2n) is 7.99. The molecule has 29 heavy (non-hydrogen) atoms. The number of urea groups is 1. The van der Waals surface area contributed by atoms with E-state index in [1.807, 2.05) is 43.3 Å². The molecule has 156 valence electrons. The van der Waals surface area contributed by atoms with Crippen LogP contribution < -0.4 is 15.5 Å². The Kier molecular flexibility index (Phi) is 7.12. The van der Waals surface area contributed by atoms with Crippen molar-refractivity contribution in [2.45, 2.75) is 39.1 Å². The summed E-state index contributed by atoms with van der Waals surface area (Å²) < 4.78 is 5.80. The number of para-hydroxylation sites is 2. The van der Waals surface area contributed by atoms with Crippen molar-refractivity contribution < 1.29 is 9.53 Å². The monoisotopic (exact) mass is 396 g/mol. The quantitative estimate of drug-likeness (QED) is 0.782. The molecule has 0 aromatic heterocycles. The third kappa shape index (κ3) is 6.21.